The first-order valence-corrected chi connectivity index (χ1v) is 23.0. The van der Waals surface area contributed by atoms with E-state index < -0.39 is 13.6 Å². The van der Waals surface area contributed by atoms with Gasteiger partial charge in [-0.3, -0.25) is 4.79 Å². The number of ketones is 1. The average molecular weight is 869 g/mol. The molecule has 3 rings (SSSR count). The van der Waals surface area contributed by atoms with Crippen LogP contribution in [-0.2, 0) is 60.7 Å². The quantitative estimate of drug-likeness (QED) is 0.0746. The van der Waals surface area contributed by atoms with Crippen molar-refractivity contribution in [1.29, 1.82) is 0 Å². The number of anilines is 2. The zero-order chi connectivity index (χ0) is 42.8. The summed E-state index contributed by atoms with van der Waals surface area (Å²) in [5.41, 5.74) is 3.54. The van der Waals surface area contributed by atoms with Crippen LogP contribution in [0.2, 0.25) is 6.04 Å². The molecule has 0 amide bonds. The third kappa shape index (κ3) is 15.4. The highest BCUT2D eigenvalue weighted by Crippen LogP contribution is 2.55. The van der Waals surface area contributed by atoms with Crippen LogP contribution < -0.4 is 9.80 Å². The van der Waals surface area contributed by atoms with Crippen molar-refractivity contribution >= 4 is 43.3 Å². The zero-order valence-electron chi connectivity index (χ0n) is 36.2. The van der Waals surface area contributed by atoms with Crippen molar-refractivity contribution in [2.45, 2.75) is 17.2 Å². The van der Waals surface area contributed by atoms with Crippen LogP contribution >= 0.6 is 11.8 Å². The molecule has 1 aliphatic rings. The molecule has 1 N–H and O–H groups in total. The Balaban J connectivity index is 1.90. The van der Waals surface area contributed by atoms with Crippen LogP contribution in [0.5, 0.6) is 0 Å². The molecular weight excluding hydrogens is 801 g/mol. The van der Waals surface area contributed by atoms with Crippen LogP contribution in [0.1, 0.15) is 17.5 Å². The fraction of sp³-hybridized carbons (Fsp3) is 0.643. The van der Waals surface area contributed by atoms with E-state index in [4.69, 9.17) is 51.2 Å². The number of ether oxygens (including phenoxy) is 8. The van der Waals surface area contributed by atoms with Crippen LogP contribution in [0.3, 0.4) is 0 Å². The van der Waals surface area contributed by atoms with Gasteiger partial charge in [0.2, 0.25) is 0 Å². The molecule has 0 heterocycles. The van der Waals surface area contributed by atoms with Crippen molar-refractivity contribution in [3.8, 4) is 0 Å². The highest BCUT2D eigenvalue weighted by molar-refractivity contribution is 8.01. The van der Waals surface area contributed by atoms with Gasteiger partial charge in [-0.1, -0.05) is 24.3 Å². The molecule has 0 saturated heterocycles. The molecule has 59 heavy (non-hydrogen) atoms. The highest BCUT2D eigenvalue weighted by atomic mass is 32.2. The van der Waals surface area contributed by atoms with Crippen LogP contribution in [0, 0.1) is 0 Å². The standard InChI is InChI=1S/C42H68N2O13SSi/c1-47-25-29-54-21-17-43(18-22-55-30-26-48-2)37-13-9-35(10-14-37)39-40(45)42(41(39)46,58-33-8-34-59(51-5,52-6)53-7)36-11-15-38(16-12-36)44(19-23-56-31-27-49-3)20-24-57-32-28-50-4/h9-16,45H,8,17-34H2,1-7H3. The molecule has 0 saturated carbocycles. The molecule has 0 fully saturated rings. The lowest BCUT2D eigenvalue weighted by atomic mass is 9.74. The molecule has 1 atom stereocenters. The third-order valence-corrected chi connectivity index (χ3v) is 14.3. The second-order valence-electron chi connectivity index (χ2n) is 13.5. The summed E-state index contributed by atoms with van der Waals surface area (Å²) >= 11 is 1.41. The maximum Gasteiger partial charge on any atom is 0.500 e. The molecule has 0 aliphatic heterocycles. The van der Waals surface area contributed by atoms with Gasteiger partial charge in [0.05, 0.1) is 84.9 Å². The second-order valence-corrected chi connectivity index (χ2v) is 17.9. The highest BCUT2D eigenvalue weighted by Gasteiger charge is 2.56. The van der Waals surface area contributed by atoms with Gasteiger partial charge in [-0.25, -0.2) is 0 Å². The summed E-state index contributed by atoms with van der Waals surface area (Å²) in [6.07, 6.45) is 0.650. The minimum atomic E-state index is -2.83. The number of rotatable bonds is 36. The molecule has 1 aliphatic carbocycles. The van der Waals surface area contributed by atoms with E-state index in [0.29, 0.717) is 140 Å². The number of carbonyl (C=O) groups is 1. The number of hydrogen-bond donors (Lipinski definition) is 1. The number of carbonyl (C=O) groups excluding carboxylic acids is 1. The van der Waals surface area contributed by atoms with Gasteiger partial charge in [0.25, 0.3) is 0 Å². The number of Topliss-reactive ketones (excluding diaryl/α,β-unsaturated/α-hetero) is 1. The van der Waals surface area contributed by atoms with Gasteiger partial charge in [-0.15, -0.1) is 11.8 Å². The smallest absolute Gasteiger partial charge is 0.500 e. The topological polar surface area (TPSA) is 145 Å². The van der Waals surface area contributed by atoms with Gasteiger partial charge in [0.15, 0.2) is 10.5 Å². The van der Waals surface area contributed by atoms with E-state index >= 15 is 0 Å². The van der Waals surface area contributed by atoms with Crippen molar-refractivity contribution in [2.24, 2.45) is 0 Å². The van der Waals surface area contributed by atoms with Gasteiger partial charge in [-0.2, -0.15) is 0 Å². The molecule has 15 nitrogen and oxygen atoms in total. The van der Waals surface area contributed by atoms with Gasteiger partial charge < -0.3 is 66.1 Å². The lowest BCUT2D eigenvalue weighted by Gasteiger charge is -2.41. The van der Waals surface area contributed by atoms with E-state index in [1.54, 1.807) is 49.8 Å². The number of thioether (sulfide) groups is 1. The minimum Gasteiger partial charge on any atom is -0.509 e. The lowest BCUT2D eigenvalue weighted by Crippen LogP contribution is -2.46. The number of aliphatic hydroxyl groups excluding tert-OH is 1. The second kappa shape index (κ2) is 28.8. The van der Waals surface area contributed by atoms with E-state index in [-0.39, 0.29) is 11.5 Å². The summed E-state index contributed by atoms with van der Waals surface area (Å²) in [4.78, 5) is 18.9. The van der Waals surface area contributed by atoms with Crippen molar-refractivity contribution in [1.82, 2.24) is 0 Å². The number of benzene rings is 2. The number of allylic oxidation sites excluding steroid dienone is 1. The number of nitrogens with zero attached hydrogens (tertiary/aromatic N) is 2. The molecule has 0 spiro atoms. The molecule has 2 aromatic carbocycles. The fourth-order valence-corrected chi connectivity index (χ4v) is 9.84. The van der Waals surface area contributed by atoms with E-state index in [0.717, 1.165) is 11.4 Å². The number of methoxy groups -OCH3 is 4. The Kier molecular flexibility index (Phi) is 24.8. The number of aliphatic hydroxyl groups is 1. The molecular formula is C42H68N2O13SSi. The minimum absolute atomic E-state index is 0.0339. The first kappa shape index (κ1) is 50.7. The molecule has 2 aromatic rings. The van der Waals surface area contributed by atoms with Gasteiger partial charge in [-0.05, 0) is 47.6 Å². The Hall–Kier alpha value is -2.62. The fourth-order valence-electron chi connectivity index (χ4n) is 6.49. The van der Waals surface area contributed by atoms with Gasteiger partial charge >= 0.3 is 8.80 Å². The van der Waals surface area contributed by atoms with Crippen molar-refractivity contribution < 1.29 is 61.1 Å². The van der Waals surface area contributed by atoms with Crippen molar-refractivity contribution in [2.75, 3.05) is 171 Å². The summed E-state index contributed by atoms with van der Waals surface area (Å²) in [7, 11) is 8.52. The van der Waals surface area contributed by atoms with Gasteiger partial charge in [0.1, 0.15) is 5.76 Å². The van der Waals surface area contributed by atoms with Crippen molar-refractivity contribution in [3.05, 3.63) is 65.4 Å². The van der Waals surface area contributed by atoms with Crippen LogP contribution in [0.25, 0.3) is 5.57 Å². The molecule has 334 valence electrons. The largest absolute Gasteiger partial charge is 0.509 e. The Morgan fingerprint density at radius 3 is 1.31 bits per heavy atom. The summed E-state index contributed by atoms with van der Waals surface area (Å²) in [5, 5.41) is 12.0. The predicted molar refractivity (Wildman–Crippen MR) is 233 cm³/mol. The third-order valence-electron chi connectivity index (χ3n) is 9.91. The molecule has 0 aromatic heterocycles. The summed E-state index contributed by atoms with van der Waals surface area (Å²) in [6.45, 7) is 8.67. The van der Waals surface area contributed by atoms with Crippen LogP contribution in [0.4, 0.5) is 11.4 Å². The van der Waals surface area contributed by atoms with Crippen LogP contribution in [0.15, 0.2) is 54.3 Å². The summed E-state index contributed by atoms with van der Waals surface area (Å²) in [6, 6.07) is 16.1. The normalized spacial score (nSPS) is 15.5. The van der Waals surface area contributed by atoms with Crippen molar-refractivity contribution in [3.63, 3.8) is 0 Å². The van der Waals surface area contributed by atoms with E-state index in [1.807, 2.05) is 48.5 Å². The van der Waals surface area contributed by atoms with E-state index in [9.17, 15) is 9.90 Å². The zero-order valence-corrected chi connectivity index (χ0v) is 38.0. The summed E-state index contributed by atoms with van der Waals surface area (Å²) < 4.78 is 59.2. The Morgan fingerprint density at radius 2 is 0.949 bits per heavy atom. The monoisotopic (exact) mass is 868 g/mol. The lowest BCUT2D eigenvalue weighted by molar-refractivity contribution is -0.118. The van der Waals surface area contributed by atoms with E-state index in [1.165, 1.54) is 11.8 Å². The van der Waals surface area contributed by atoms with Gasteiger partial charge in [0, 0.05) is 93.4 Å². The number of hydrogen-bond acceptors (Lipinski definition) is 16. The molecule has 0 radical (unpaired) electrons. The molecule has 17 heteroatoms. The van der Waals surface area contributed by atoms with E-state index in [2.05, 4.69) is 9.80 Å². The van der Waals surface area contributed by atoms with Crippen LogP contribution in [-0.4, -0.2) is 181 Å². The Morgan fingerprint density at radius 1 is 0.559 bits per heavy atom. The Labute approximate surface area is 356 Å². The SMILES string of the molecule is COCCOCCN(CCOCCOC)c1ccc(C2=C(O)C(SCCC[Si](OC)(OC)OC)(c3ccc(N(CCOCCOC)CCOCCOC)cc3)C2=O)cc1. The maximum absolute atomic E-state index is 14.6. The summed E-state index contributed by atoms with van der Waals surface area (Å²) in [5.74, 6) is 0.428. The Bertz CT molecular complexity index is 1430. The first-order valence-electron chi connectivity index (χ1n) is 20.1. The molecule has 0 bridgehead atoms. The average Bonchev–Trinajstić information content (AvgIpc) is 3.26. The molecule has 1 unspecified atom stereocenters. The maximum atomic E-state index is 14.6. The predicted octanol–water partition coefficient (Wildman–Crippen LogP) is 4.70. The first-order chi connectivity index (χ1) is 28.8.